The molecule has 0 heterocycles. The minimum absolute atomic E-state index is 0.0869. The van der Waals surface area contributed by atoms with Gasteiger partial charge < -0.3 is 15.6 Å². The SMILES string of the molecule is Nc1ccc(C(=O)O)c(Oc2ccccc2I)c1. The molecule has 0 aliphatic carbocycles. The summed E-state index contributed by atoms with van der Waals surface area (Å²) in [6.45, 7) is 0. The van der Waals surface area contributed by atoms with Gasteiger partial charge >= 0.3 is 5.97 Å². The Morgan fingerprint density at radius 2 is 1.89 bits per heavy atom. The smallest absolute Gasteiger partial charge is 0.339 e. The van der Waals surface area contributed by atoms with Gasteiger partial charge in [0.05, 0.1) is 3.57 Å². The van der Waals surface area contributed by atoms with E-state index < -0.39 is 5.97 Å². The molecule has 2 aromatic carbocycles. The zero-order chi connectivity index (χ0) is 13.1. The molecule has 0 saturated carbocycles. The maximum atomic E-state index is 11.1. The van der Waals surface area contributed by atoms with Crippen LogP contribution in [0.3, 0.4) is 0 Å². The van der Waals surface area contributed by atoms with Crippen molar-refractivity contribution in [2.24, 2.45) is 0 Å². The minimum atomic E-state index is -1.05. The van der Waals surface area contributed by atoms with Gasteiger partial charge in [-0.3, -0.25) is 0 Å². The Labute approximate surface area is 118 Å². The van der Waals surface area contributed by atoms with Crippen molar-refractivity contribution < 1.29 is 14.6 Å². The van der Waals surface area contributed by atoms with Crippen LogP contribution >= 0.6 is 22.6 Å². The molecule has 2 aromatic rings. The number of para-hydroxylation sites is 1. The normalized spacial score (nSPS) is 10.1. The molecule has 0 bridgehead atoms. The van der Waals surface area contributed by atoms with Crippen LogP contribution in [0.2, 0.25) is 0 Å². The molecule has 0 unspecified atom stereocenters. The number of hydrogen-bond acceptors (Lipinski definition) is 3. The number of hydrogen-bond donors (Lipinski definition) is 2. The molecular formula is C13H10INO3. The molecule has 18 heavy (non-hydrogen) atoms. The molecule has 2 rings (SSSR count). The number of nitrogen functional groups attached to an aromatic ring is 1. The maximum Gasteiger partial charge on any atom is 0.339 e. The highest BCUT2D eigenvalue weighted by molar-refractivity contribution is 14.1. The largest absolute Gasteiger partial charge is 0.478 e. The van der Waals surface area contributed by atoms with Gasteiger partial charge in [0, 0.05) is 11.8 Å². The van der Waals surface area contributed by atoms with Crippen molar-refractivity contribution >= 4 is 34.2 Å². The summed E-state index contributed by atoms with van der Waals surface area (Å²) in [6, 6.07) is 11.8. The third kappa shape index (κ3) is 2.73. The summed E-state index contributed by atoms with van der Waals surface area (Å²) in [5.41, 5.74) is 6.19. The molecule has 0 atom stereocenters. The zero-order valence-electron chi connectivity index (χ0n) is 9.26. The molecule has 3 N–H and O–H groups in total. The second kappa shape index (κ2) is 5.26. The number of carboxylic acids is 1. The Bertz CT molecular complexity index is 599. The third-order valence-corrected chi connectivity index (χ3v) is 3.18. The van der Waals surface area contributed by atoms with Crippen molar-refractivity contribution in [1.82, 2.24) is 0 Å². The lowest BCUT2D eigenvalue weighted by atomic mass is 10.2. The van der Waals surface area contributed by atoms with Gasteiger partial charge in [-0.05, 0) is 46.9 Å². The number of nitrogens with two attached hydrogens (primary N) is 1. The van der Waals surface area contributed by atoms with E-state index in [2.05, 4.69) is 22.6 Å². The fourth-order valence-electron chi connectivity index (χ4n) is 1.45. The van der Waals surface area contributed by atoms with Crippen LogP contribution < -0.4 is 10.5 Å². The Hall–Kier alpha value is -1.76. The quantitative estimate of drug-likeness (QED) is 0.654. The van der Waals surface area contributed by atoms with E-state index in [4.69, 9.17) is 15.6 Å². The van der Waals surface area contributed by atoms with Crippen LogP contribution in [0.25, 0.3) is 0 Å². The lowest BCUT2D eigenvalue weighted by Crippen LogP contribution is -2.01. The third-order valence-electron chi connectivity index (χ3n) is 2.29. The first-order valence-electron chi connectivity index (χ1n) is 5.13. The summed E-state index contributed by atoms with van der Waals surface area (Å²) < 4.78 is 6.51. The number of rotatable bonds is 3. The molecule has 4 nitrogen and oxygen atoms in total. The molecule has 0 aliphatic rings. The molecule has 92 valence electrons. The number of carbonyl (C=O) groups is 1. The lowest BCUT2D eigenvalue weighted by Gasteiger charge is -2.10. The average molecular weight is 355 g/mol. The van der Waals surface area contributed by atoms with Gasteiger partial charge in [-0.25, -0.2) is 4.79 Å². The number of benzene rings is 2. The summed E-state index contributed by atoms with van der Waals surface area (Å²) in [5, 5.41) is 9.08. The second-order valence-electron chi connectivity index (χ2n) is 3.59. The predicted octanol–water partition coefficient (Wildman–Crippen LogP) is 3.36. The van der Waals surface area contributed by atoms with Gasteiger partial charge in [0.25, 0.3) is 0 Å². The van der Waals surface area contributed by atoms with E-state index in [9.17, 15) is 4.79 Å². The van der Waals surface area contributed by atoms with Gasteiger partial charge in [0.15, 0.2) is 0 Å². The average Bonchev–Trinajstić information content (AvgIpc) is 2.32. The fraction of sp³-hybridized carbons (Fsp3) is 0. The van der Waals surface area contributed by atoms with Crippen LogP contribution in [0.15, 0.2) is 42.5 Å². The molecule has 5 heteroatoms. The zero-order valence-corrected chi connectivity index (χ0v) is 11.4. The lowest BCUT2D eigenvalue weighted by molar-refractivity contribution is 0.0694. The molecule has 0 amide bonds. The monoisotopic (exact) mass is 355 g/mol. The van der Waals surface area contributed by atoms with Gasteiger partial charge in [-0.15, -0.1) is 0 Å². The predicted molar refractivity (Wildman–Crippen MR) is 77.0 cm³/mol. The van der Waals surface area contributed by atoms with Gasteiger partial charge in [-0.2, -0.15) is 0 Å². The van der Waals surface area contributed by atoms with E-state index in [0.717, 1.165) is 3.57 Å². The molecular weight excluding hydrogens is 345 g/mol. The molecule has 0 fully saturated rings. The first kappa shape index (κ1) is 12.7. The first-order chi connectivity index (χ1) is 8.58. The Balaban J connectivity index is 2.42. The van der Waals surface area contributed by atoms with Crippen LogP contribution in [0, 0.1) is 3.57 Å². The molecule has 0 spiro atoms. The number of anilines is 1. The molecule has 0 saturated heterocycles. The highest BCUT2D eigenvalue weighted by atomic mass is 127. The van der Waals surface area contributed by atoms with E-state index in [1.54, 1.807) is 6.07 Å². The highest BCUT2D eigenvalue weighted by Gasteiger charge is 2.13. The highest BCUT2D eigenvalue weighted by Crippen LogP contribution is 2.30. The van der Waals surface area contributed by atoms with E-state index in [1.807, 2.05) is 18.2 Å². The van der Waals surface area contributed by atoms with E-state index in [1.165, 1.54) is 18.2 Å². The van der Waals surface area contributed by atoms with Crippen molar-refractivity contribution in [2.45, 2.75) is 0 Å². The number of aromatic carboxylic acids is 1. The van der Waals surface area contributed by atoms with Crippen LogP contribution in [0.1, 0.15) is 10.4 Å². The summed E-state index contributed by atoms with van der Waals surface area (Å²) in [4.78, 5) is 11.1. The summed E-state index contributed by atoms with van der Waals surface area (Å²) in [5.74, 6) is -0.200. The number of carboxylic acid groups (broad SMARTS) is 1. The second-order valence-corrected chi connectivity index (χ2v) is 4.76. The Morgan fingerprint density at radius 3 is 2.56 bits per heavy atom. The standard InChI is InChI=1S/C13H10INO3/c14-10-3-1-2-4-11(10)18-12-7-8(15)5-6-9(12)13(16)17/h1-7H,15H2,(H,16,17). The van der Waals surface area contributed by atoms with Crippen molar-refractivity contribution in [3.05, 3.63) is 51.6 Å². The molecule has 0 aromatic heterocycles. The van der Waals surface area contributed by atoms with Crippen molar-refractivity contribution in [3.8, 4) is 11.5 Å². The van der Waals surface area contributed by atoms with Gasteiger partial charge in [0.2, 0.25) is 0 Å². The Kier molecular flexibility index (Phi) is 3.71. The van der Waals surface area contributed by atoms with Crippen LogP contribution in [-0.4, -0.2) is 11.1 Å². The first-order valence-corrected chi connectivity index (χ1v) is 6.21. The van der Waals surface area contributed by atoms with E-state index in [-0.39, 0.29) is 11.3 Å². The topological polar surface area (TPSA) is 72.6 Å². The van der Waals surface area contributed by atoms with Gasteiger partial charge in [0.1, 0.15) is 17.1 Å². The van der Waals surface area contributed by atoms with E-state index in [0.29, 0.717) is 11.4 Å². The van der Waals surface area contributed by atoms with Crippen LogP contribution in [0.5, 0.6) is 11.5 Å². The van der Waals surface area contributed by atoms with Crippen LogP contribution in [0.4, 0.5) is 5.69 Å². The number of halogens is 1. The maximum absolute atomic E-state index is 11.1. The minimum Gasteiger partial charge on any atom is -0.478 e. The number of ether oxygens (including phenoxy) is 1. The molecule has 0 aliphatic heterocycles. The van der Waals surface area contributed by atoms with Crippen molar-refractivity contribution in [1.29, 1.82) is 0 Å². The Morgan fingerprint density at radius 1 is 1.17 bits per heavy atom. The van der Waals surface area contributed by atoms with Crippen molar-refractivity contribution in [2.75, 3.05) is 5.73 Å². The summed E-state index contributed by atoms with van der Waals surface area (Å²) in [6.07, 6.45) is 0. The summed E-state index contributed by atoms with van der Waals surface area (Å²) in [7, 11) is 0. The van der Waals surface area contributed by atoms with Gasteiger partial charge in [-0.1, -0.05) is 12.1 Å². The summed E-state index contributed by atoms with van der Waals surface area (Å²) >= 11 is 2.12. The fourth-order valence-corrected chi connectivity index (χ4v) is 1.94. The van der Waals surface area contributed by atoms with Crippen molar-refractivity contribution in [3.63, 3.8) is 0 Å². The van der Waals surface area contributed by atoms with Crippen LogP contribution in [-0.2, 0) is 0 Å². The van der Waals surface area contributed by atoms with E-state index >= 15 is 0 Å². The molecule has 0 radical (unpaired) electrons.